The lowest BCUT2D eigenvalue weighted by atomic mass is 9.97. The predicted octanol–water partition coefficient (Wildman–Crippen LogP) is 4.94. The summed E-state index contributed by atoms with van der Waals surface area (Å²) in [5.74, 6) is 1.50. The van der Waals surface area contributed by atoms with Gasteiger partial charge < -0.3 is 34.7 Å². The average molecular weight is 562 g/mol. The summed E-state index contributed by atoms with van der Waals surface area (Å²) in [5.41, 5.74) is 5.92. The zero-order valence-electron chi connectivity index (χ0n) is 23.9. The molecule has 3 aromatic carbocycles. The SMILES string of the molecule is CCNC(=O)Nc1cccc([C@H]2O[C@@H](CN3CCc4cc(OC)c(OC)cc4C3)C[C@@H](c3ccc(CO)cc3)O2)c1. The quantitative estimate of drug-likeness (QED) is 0.340. The van der Waals surface area contributed by atoms with E-state index in [0.29, 0.717) is 18.7 Å². The minimum Gasteiger partial charge on any atom is -0.493 e. The van der Waals surface area contributed by atoms with E-state index in [0.717, 1.165) is 54.2 Å². The molecule has 0 unspecified atom stereocenters. The molecule has 2 heterocycles. The van der Waals surface area contributed by atoms with E-state index in [2.05, 4.69) is 27.7 Å². The van der Waals surface area contributed by atoms with Crippen LogP contribution >= 0.6 is 0 Å². The zero-order valence-corrected chi connectivity index (χ0v) is 23.9. The van der Waals surface area contributed by atoms with Crippen molar-refractivity contribution in [1.82, 2.24) is 10.2 Å². The van der Waals surface area contributed by atoms with Crippen molar-refractivity contribution in [3.63, 3.8) is 0 Å². The number of nitrogens with zero attached hydrogens (tertiary/aromatic N) is 1. The molecule has 0 spiro atoms. The molecule has 0 bridgehead atoms. The lowest BCUT2D eigenvalue weighted by Crippen LogP contribution is -2.41. The van der Waals surface area contributed by atoms with Gasteiger partial charge in [0, 0.05) is 43.9 Å². The summed E-state index contributed by atoms with van der Waals surface area (Å²) in [4.78, 5) is 14.5. The van der Waals surface area contributed by atoms with Gasteiger partial charge in [-0.15, -0.1) is 0 Å². The number of hydrogen-bond donors (Lipinski definition) is 3. The van der Waals surface area contributed by atoms with Crippen molar-refractivity contribution in [2.24, 2.45) is 0 Å². The summed E-state index contributed by atoms with van der Waals surface area (Å²) in [6.07, 6.45) is 0.739. The van der Waals surface area contributed by atoms with E-state index in [1.54, 1.807) is 14.2 Å². The molecular formula is C32H39N3O6. The molecule has 9 heteroatoms. The highest BCUT2D eigenvalue weighted by Gasteiger charge is 2.34. The number of fused-ring (bicyclic) bond motifs is 1. The van der Waals surface area contributed by atoms with Crippen LogP contribution in [0, 0.1) is 0 Å². The Labute approximate surface area is 241 Å². The summed E-state index contributed by atoms with van der Waals surface area (Å²) < 4.78 is 24.1. The van der Waals surface area contributed by atoms with E-state index < -0.39 is 6.29 Å². The highest BCUT2D eigenvalue weighted by molar-refractivity contribution is 5.89. The Morgan fingerprint density at radius 2 is 1.76 bits per heavy atom. The van der Waals surface area contributed by atoms with Gasteiger partial charge in [-0.2, -0.15) is 0 Å². The summed E-state index contributed by atoms with van der Waals surface area (Å²) in [5, 5.41) is 15.1. The number of nitrogens with one attached hydrogen (secondary N) is 2. The lowest BCUT2D eigenvalue weighted by molar-refractivity contribution is -0.253. The van der Waals surface area contributed by atoms with Gasteiger partial charge in [-0.25, -0.2) is 4.79 Å². The van der Waals surface area contributed by atoms with E-state index in [1.165, 1.54) is 11.1 Å². The third kappa shape index (κ3) is 7.00. The molecule has 3 aromatic rings. The number of carbonyl (C=O) groups is 1. The Balaban J connectivity index is 1.35. The Morgan fingerprint density at radius 1 is 1.00 bits per heavy atom. The van der Waals surface area contributed by atoms with Crippen molar-refractivity contribution in [3.05, 3.63) is 88.5 Å². The Hall–Kier alpha value is -3.63. The van der Waals surface area contributed by atoms with Crippen LogP contribution in [0.1, 0.15) is 53.6 Å². The fraction of sp³-hybridized carbons (Fsp3) is 0.406. The molecule has 41 heavy (non-hydrogen) atoms. The number of carbonyl (C=O) groups excluding carboxylic acids is 1. The van der Waals surface area contributed by atoms with Crippen LogP contribution in [0.25, 0.3) is 0 Å². The molecule has 218 valence electrons. The molecule has 0 radical (unpaired) electrons. The van der Waals surface area contributed by atoms with Crippen molar-refractivity contribution >= 4 is 11.7 Å². The number of anilines is 1. The third-order valence-electron chi connectivity index (χ3n) is 7.63. The number of rotatable bonds is 9. The third-order valence-corrected chi connectivity index (χ3v) is 7.63. The number of methoxy groups -OCH3 is 2. The summed E-state index contributed by atoms with van der Waals surface area (Å²) >= 11 is 0. The van der Waals surface area contributed by atoms with Crippen LogP contribution in [-0.4, -0.2) is 56.0 Å². The van der Waals surface area contributed by atoms with E-state index >= 15 is 0 Å². The van der Waals surface area contributed by atoms with Crippen LogP contribution in [0.15, 0.2) is 60.7 Å². The maximum atomic E-state index is 12.1. The maximum Gasteiger partial charge on any atom is 0.319 e. The largest absolute Gasteiger partial charge is 0.493 e. The Morgan fingerprint density at radius 3 is 2.46 bits per heavy atom. The van der Waals surface area contributed by atoms with Gasteiger partial charge in [0.15, 0.2) is 17.8 Å². The van der Waals surface area contributed by atoms with Gasteiger partial charge in [-0.1, -0.05) is 36.4 Å². The van der Waals surface area contributed by atoms with E-state index in [-0.39, 0.29) is 24.8 Å². The first-order valence-electron chi connectivity index (χ1n) is 14.1. The van der Waals surface area contributed by atoms with Gasteiger partial charge in [0.2, 0.25) is 0 Å². The first-order valence-corrected chi connectivity index (χ1v) is 14.1. The number of urea groups is 1. The fourth-order valence-electron chi connectivity index (χ4n) is 5.52. The van der Waals surface area contributed by atoms with E-state index in [4.69, 9.17) is 18.9 Å². The van der Waals surface area contributed by atoms with Crippen molar-refractivity contribution < 1.29 is 28.8 Å². The number of ether oxygens (including phenoxy) is 4. The van der Waals surface area contributed by atoms with Crippen molar-refractivity contribution in [2.75, 3.05) is 39.2 Å². The summed E-state index contributed by atoms with van der Waals surface area (Å²) in [6.45, 7) is 4.87. The monoisotopic (exact) mass is 561 g/mol. The van der Waals surface area contributed by atoms with E-state index in [1.807, 2.05) is 55.5 Å². The van der Waals surface area contributed by atoms with Crippen LogP contribution in [0.5, 0.6) is 11.5 Å². The molecule has 2 aliphatic rings. The molecule has 3 N–H and O–H groups in total. The fourth-order valence-corrected chi connectivity index (χ4v) is 5.52. The lowest BCUT2D eigenvalue weighted by Gasteiger charge is -2.39. The molecule has 1 fully saturated rings. The molecule has 0 aromatic heterocycles. The standard InChI is InChI=1S/C32H39N3O6/c1-4-33-32(37)34-26-7-5-6-24(14-26)31-40-27(17-28(41-31)22-10-8-21(20-36)9-11-22)19-35-13-12-23-15-29(38-2)30(39-3)16-25(23)18-35/h5-11,14-16,27-28,31,36H,4,12-13,17-20H2,1-3H3,(H2,33,34,37)/t27-,28+,31+/m1/s1. The van der Waals surface area contributed by atoms with Gasteiger partial charge in [-0.3, -0.25) is 4.90 Å². The second kappa shape index (κ2) is 13.4. The molecule has 2 amide bonds. The molecule has 0 aliphatic carbocycles. The van der Waals surface area contributed by atoms with Gasteiger partial charge in [0.1, 0.15) is 0 Å². The van der Waals surface area contributed by atoms with Gasteiger partial charge >= 0.3 is 6.03 Å². The molecule has 0 saturated carbocycles. The second-order valence-corrected chi connectivity index (χ2v) is 10.4. The van der Waals surface area contributed by atoms with Crippen LogP contribution in [0.2, 0.25) is 0 Å². The number of hydrogen-bond acceptors (Lipinski definition) is 7. The molecule has 3 atom stereocenters. The predicted molar refractivity (Wildman–Crippen MR) is 156 cm³/mol. The Kier molecular flexibility index (Phi) is 9.41. The van der Waals surface area contributed by atoms with Crippen LogP contribution in [0.3, 0.4) is 0 Å². The minimum atomic E-state index is -0.603. The summed E-state index contributed by atoms with van der Waals surface area (Å²) in [6, 6.07) is 19.4. The Bertz CT molecular complexity index is 1330. The average Bonchev–Trinajstić information content (AvgIpc) is 3.00. The van der Waals surface area contributed by atoms with Crippen molar-refractivity contribution in [3.8, 4) is 11.5 Å². The first-order chi connectivity index (χ1) is 20.0. The summed E-state index contributed by atoms with van der Waals surface area (Å²) in [7, 11) is 3.33. The topological polar surface area (TPSA) is 102 Å². The first kappa shape index (κ1) is 28.9. The van der Waals surface area contributed by atoms with Crippen LogP contribution in [0.4, 0.5) is 10.5 Å². The maximum absolute atomic E-state index is 12.1. The van der Waals surface area contributed by atoms with Crippen LogP contribution < -0.4 is 20.1 Å². The molecule has 2 aliphatic heterocycles. The van der Waals surface area contributed by atoms with E-state index in [9.17, 15) is 9.90 Å². The highest BCUT2D eigenvalue weighted by Crippen LogP contribution is 2.39. The van der Waals surface area contributed by atoms with Gasteiger partial charge in [0.25, 0.3) is 0 Å². The number of aliphatic hydroxyl groups is 1. The molecular weight excluding hydrogens is 522 g/mol. The van der Waals surface area contributed by atoms with Crippen LogP contribution in [-0.2, 0) is 29.0 Å². The van der Waals surface area contributed by atoms with Gasteiger partial charge in [0.05, 0.1) is 33.0 Å². The van der Waals surface area contributed by atoms with Crippen molar-refractivity contribution in [2.45, 2.75) is 51.4 Å². The molecule has 5 rings (SSSR count). The van der Waals surface area contributed by atoms with Gasteiger partial charge in [-0.05, 0) is 59.9 Å². The zero-order chi connectivity index (χ0) is 28.8. The highest BCUT2D eigenvalue weighted by atomic mass is 16.7. The number of amides is 2. The van der Waals surface area contributed by atoms with Crippen molar-refractivity contribution in [1.29, 1.82) is 0 Å². The molecule has 9 nitrogen and oxygen atoms in total. The molecule has 1 saturated heterocycles. The number of aliphatic hydroxyl groups excluding tert-OH is 1. The normalized spacial score (nSPS) is 20.6. The number of benzene rings is 3. The second-order valence-electron chi connectivity index (χ2n) is 10.4. The minimum absolute atomic E-state index is 0.00133. The smallest absolute Gasteiger partial charge is 0.319 e.